The molecule has 1 aromatic carbocycles. The molecule has 0 unspecified atom stereocenters. The minimum absolute atomic E-state index is 0.0298. The molecule has 0 bridgehead atoms. The fourth-order valence-electron chi connectivity index (χ4n) is 1.79. The van der Waals surface area contributed by atoms with Crippen LogP contribution in [-0.4, -0.2) is 36.5 Å². The van der Waals surface area contributed by atoms with Crippen molar-refractivity contribution in [2.75, 3.05) is 14.2 Å². The van der Waals surface area contributed by atoms with Gasteiger partial charge in [0.1, 0.15) is 0 Å². The van der Waals surface area contributed by atoms with Gasteiger partial charge in [-0.05, 0) is 23.8 Å². The van der Waals surface area contributed by atoms with E-state index < -0.39 is 0 Å². The predicted octanol–water partition coefficient (Wildman–Crippen LogP) is 0.413. The van der Waals surface area contributed by atoms with Crippen LogP contribution in [0, 0.1) is 0 Å². The van der Waals surface area contributed by atoms with E-state index in [9.17, 15) is 9.59 Å². The van der Waals surface area contributed by atoms with Crippen molar-refractivity contribution in [2.24, 2.45) is 5.10 Å². The van der Waals surface area contributed by atoms with Crippen molar-refractivity contribution in [3.8, 4) is 11.5 Å². The molecule has 3 N–H and O–H groups in total. The summed E-state index contributed by atoms with van der Waals surface area (Å²) in [4.78, 5) is 22.5. The van der Waals surface area contributed by atoms with Gasteiger partial charge < -0.3 is 14.6 Å². The molecule has 0 aliphatic carbocycles. The molecule has 0 saturated carbocycles. The second-order valence-corrected chi connectivity index (χ2v) is 4.37. The summed E-state index contributed by atoms with van der Waals surface area (Å²) in [7, 11) is 3.09. The number of hydrogen-bond donors (Lipinski definition) is 3. The van der Waals surface area contributed by atoms with Crippen LogP contribution in [0.2, 0.25) is 0 Å². The maximum Gasteiger partial charge on any atom is 0.264 e. The first-order valence-electron chi connectivity index (χ1n) is 6.43. The van der Waals surface area contributed by atoms with Crippen LogP contribution >= 0.6 is 0 Å². The lowest BCUT2D eigenvalue weighted by Gasteiger charge is -2.07. The summed E-state index contributed by atoms with van der Waals surface area (Å²) in [5.41, 5.74) is 3.33. The Hall–Kier alpha value is -3.03. The van der Waals surface area contributed by atoms with Crippen molar-refractivity contribution < 1.29 is 14.3 Å². The number of hydrogen-bond acceptors (Lipinski definition) is 5. The van der Waals surface area contributed by atoms with Gasteiger partial charge in [-0.2, -0.15) is 5.10 Å². The second-order valence-electron chi connectivity index (χ2n) is 4.37. The van der Waals surface area contributed by atoms with Gasteiger partial charge in [-0.15, -0.1) is 0 Å². The average Bonchev–Trinajstić information content (AvgIpc) is 2.92. The number of aromatic nitrogens is 2. The average molecular weight is 304 g/mol. The van der Waals surface area contributed by atoms with E-state index in [4.69, 9.17) is 9.47 Å². The third kappa shape index (κ3) is 3.98. The molecule has 0 aliphatic rings. The minimum Gasteiger partial charge on any atom is -0.493 e. The fourth-order valence-corrected chi connectivity index (χ4v) is 1.79. The van der Waals surface area contributed by atoms with Crippen molar-refractivity contribution in [1.82, 2.24) is 15.6 Å². The van der Waals surface area contributed by atoms with Crippen molar-refractivity contribution >= 4 is 12.1 Å². The van der Waals surface area contributed by atoms with Gasteiger partial charge in [0.15, 0.2) is 11.5 Å². The Morgan fingerprint density at radius 1 is 1.23 bits per heavy atom. The Morgan fingerprint density at radius 3 is 2.64 bits per heavy atom. The zero-order valence-corrected chi connectivity index (χ0v) is 12.2. The summed E-state index contributed by atoms with van der Waals surface area (Å²) in [5, 5.41) is 8.80. The van der Waals surface area contributed by atoms with E-state index in [1.807, 2.05) is 0 Å². The Kier molecular flexibility index (Phi) is 4.97. The molecular weight excluding hydrogens is 288 g/mol. The molecule has 0 aliphatic heterocycles. The lowest BCUT2D eigenvalue weighted by molar-refractivity contribution is -0.120. The third-order valence-electron chi connectivity index (χ3n) is 2.81. The molecule has 22 heavy (non-hydrogen) atoms. The Morgan fingerprint density at radius 2 is 2.00 bits per heavy atom. The van der Waals surface area contributed by atoms with E-state index in [1.165, 1.54) is 19.4 Å². The van der Waals surface area contributed by atoms with Gasteiger partial charge in [0.05, 0.1) is 26.9 Å². The Bertz CT molecular complexity index is 732. The van der Waals surface area contributed by atoms with Crippen molar-refractivity contribution in [2.45, 2.75) is 6.42 Å². The molecule has 0 spiro atoms. The zero-order valence-electron chi connectivity index (χ0n) is 12.2. The summed E-state index contributed by atoms with van der Waals surface area (Å²) in [5.74, 6) is 0.842. The quantitative estimate of drug-likeness (QED) is 0.530. The number of aromatic amines is 2. The number of nitrogens with zero attached hydrogens (tertiary/aromatic N) is 1. The molecule has 1 heterocycles. The summed E-state index contributed by atoms with van der Waals surface area (Å²) in [6.45, 7) is 0. The van der Waals surface area contributed by atoms with Gasteiger partial charge >= 0.3 is 0 Å². The van der Waals surface area contributed by atoms with Gasteiger partial charge in [0, 0.05) is 11.8 Å². The van der Waals surface area contributed by atoms with Crippen LogP contribution in [0.1, 0.15) is 11.3 Å². The third-order valence-corrected chi connectivity index (χ3v) is 2.81. The summed E-state index contributed by atoms with van der Waals surface area (Å²) >= 11 is 0. The molecule has 8 heteroatoms. The fraction of sp³-hybridized carbons (Fsp3) is 0.214. The van der Waals surface area contributed by atoms with E-state index in [0.29, 0.717) is 17.2 Å². The topological polar surface area (TPSA) is 109 Å². The van der Waals surface area contributed by atoms with E-state index >= 15 is 0 Å². The number of H-pyrrole nitrogens is 2. The number of ether oxygens (including phenoxy) is 2. The smallest absolute Gasteiger partial charge is 0.264 e. The number of amides is 1. The first kappa shape index (κ1) is 15.4. The van der Waals surface area contributed by atoms with Gasteiger partial charge in [-0.1, -0.05) is 0 Å². The van der Waals surface area contributed by atoms with Gasteiger partial charge in [0.2, 0.25) is 5.91 Å². The van der Waals surface area contributed by atoms with E-state index in [2.05, 4.69) is 20.7 Å². The first-order valence-corrected chi connectivity index (χ1v) is 6.43. The van der Waals surface area contributed by atoms with E-state index in [-0.39, 0.29) is 17.9 Å². The molecule has 1 aromatic heterocycles. The molecule has 116 valence electrons. The molecule has 0 atom stereocenters. The maximum absolute atomic E-state index is 11.6. The molecule has 0 saturated heterocycles. The van der Waals surface area contributed by atoms with Crippen molar-refractivity contribution in [3.05, 3.63) is 45.9 Å². The predicted molar refractivity (Wildman–Crippen MR) is 80.4 cm³/mol. The standard InChI is InChI=1S/C14H16N4O4/c1-21-11-4-3-9(5-12(11)22-2)8-15-17-13(19)6-10-7-14(20)18-16-10/h3-5,7-8H,6H2,1-2H3,(H,17,19)(H2,16,18,20). The van der Waals surface area contributed by atoms with E-state index in [1.54, 1.807) is 25.3 Å². The SMILES string of the molecule is COc1ccc(C=NNC(=O)Cc2cc(=O)[nH][nH]2)cc1OC. The van der Waals surface area contributed by atoms with Crippen LogP contribution in [0.25, 0.3) is 0 Å². The number of rotatable bonds is 6. The molecule has 8 nitrogen and oxygen atoms in total. The highest BCUT2D eigenvalue weighted by Crippen LogP contribution is 2.26. The van der Waals surface area contributed by atoms with Gasteiger partial charge in [-0.3, -0.25) is 14.7 Å². The minimum atomic E-state index is -0.341. The summed E-state index contributed by atoms with van der Waals surface area (Å²) in [6, 6.07) is 6.57. The van der Waals surface area contributed by atoms with Gasteiger partial charge in [0.25, 0.3) is 5.56 Å². The molecular formula is C14H16N4O4. The van der Waals surface area contributed by atoms with Crippen LogP contribution < -0.4 is 20.5 Å². The number of nitrogens with one attached hydrogen (secondary N) is 3. The largest absolute Gasteiger partial charge is 0.493 e. The highest BCUT2D eigenvalue weighted by molar-refractivity contribution is 5.83. The number of methoxy groups -OCH3 is 2. The number of carbonyl (C=O) groups excluding carboxylic acids is 1. The van der Waals surface area contributed by atoms with Crippen molar-refractivity contribution in [1.29, 1.82) is 0 Å². The van der Waals surface area contributed by atoms with Crippen molar-refractivity contribution in [3.63, 3.8) is 0 Å². The summed E-state index contributed by atoms with van der Waals surface area (Å²) < 4.78 is 10.3. The normalized spacial score (nSPS) is 10.6. The highest BCUT2D eigenvalue weighted by atomic mass is 16.5. The highest BCUT2D eigenvalue weighted by Gasteiger charge is 2.05. The molecule has 1 amide bonds. The zero-order chi connectivity index (χ0) is 15.9. The molecule has 2 rings (SSSR count). The Balaban J connectivity index is 1.94. The van der Waals surface area contributed by atoms with Crippen LogP contribution in [0.4, 0.5) is 0 Å². The molecule has 0 radical (unpaired) electrons. The monoisotopic (exact) mass is 304 g/mol. The number of benzene rings is 1. The molecule has 2 aromatic rings. The maximum atomic E-state index is 11.6. The van der Waals surface area contributed by atoms with Gasteiger partial charge in [-0.25, -0.2) is 5.43 Å². The number of carbonyl (C=O) groups is 1. The van der Waals surface area contributed by atoms with Crippen LogP contribution in [-0.2, 0) is 11.2 Å². The van der Waals surface area contributed by atoms with E-state index in [0.717, 1.165) is 5.56 Å². The van der Waals surface area contributed by atoms with Crippen LogP contribution in [0.15, 0.2) is 34.2 Å². The second kappa shape index (κ2) is 7.11. The first-order chi connectivity index (χ1) is 10.6. The lowest BCUT2D eigenvalue weighted by Crippen LogP contribution is -2.20. The van der Waals surface area contributed by atoms with Crippen LogP contribution in [0.5, 0.6) is 11.5 Å². The lowest BCUT2D eigenvalue weighted by atomic mass is 10.2. The number of hydrazone groups is 1. The summed E-state index contributed by atoms with van der Waals surface area (Å²) in [6.07, 6.45) is 1.52. The molecule has 0 fully saturated rings. The van der Waals surface area contributed by atoms with Crippen LogP contribution in [0.3, 0.4) is 0 Å². The Labute approximate surface area is 126 Å².